The number of hydrogen-bond donors (Lipinski definition) is 4. The molecule has 0 bridgehead atoms. The highest BCUT2D eigenvalue weighted by Gasteiger charge is 2.16. The second-order valence-corrected chi connectivity index (χ2v) is 7.90. The van der Waals surface area contributed by atoms with Gasteiger partial charge in [0.25, 0.3) is 0 Å². The molecular weight excluding hydrogens is 415 g/mol. The Bertz CT molecular complexity index is 1060. The number of likely N-dealkylation sites (N-methyl/N-ethyl adjacent to an activating group) is 1. The number of pyridine rings is 1. The summed E-state index contributed by atoms with van der Waals surface area (Å²) in [4.78, 5) is 15.0. The van der Waals surface area contributed by atoms with Crippen LogP contribution in [0.5, 0.6) is 0 Å². The number of nitrogens with one attached hydrogen (secondary N) is 3. The normalized spacial score (nSPS) is 10.9. The molecule has 0 amide bonds. The van der Waals surface area contributed by atoms with Gasteiger partial charge in [-0.3, -0.25) is 0 Å². The van der Waals surface area contributed by atoms with E-state index in [4.69, 9.17) is 11.1 Å². The maximum absolute atomic E-state index is 14.7. The predicted molar refractivity (Wildman–Crippen MR) is 125 cm³/mol. The third kappa shape index (κ3) is 5.89. The van der Waals surface area contributed by atoms with Crippen LogP contribution in [0.3, 0.4) is 0 Å². The van der Waals surface area contributed by atoms with Gasteiger partial charge >= 0.3 is 0 Å². The molecule has 2 heterocycles. The summed E-state index contributed by atoms with van der Waals surface area (Å²) < 4.78 is 17.7. The largest absolute Gasteiger partial charge is 0.383 e. The Balaban J connectivity index is 1.84. The Labute approximate surface area is 185 Å². The van der Waals surface area contributed by atoms with Crippen molar-refractivity contribution in [3.63, 3.8) is 0 Å². The molecule has 0 aliphatic rings. The Hall–Kier alpha value is -3.24. The lowest BCUT2D eigenvalue weighted by molar-refractivity contribution is 0.425. The molecule has 0 fully saturated rings. The van der Waals surface area contributed by atoms with Gasteiger partial charge < -0.3 is 26.1 Å². The maximum atomic E-state index is 14.7. The molecule has 0 unspecified atom stereocenters. The molecule has 0 atom stereocenters. The van der Waals surface area contributed by atoms with Crippen molar-refractivity contribution in [3.05, 3.63) is 54.0 Å². The summed E-state index contributed by atoms with van der Waals surface area (Å²) in [6.07, 6.45) is 1.68. The van der Waals surface area contributed by atoms with Crippen molar-refractivity contribution in [2.45, 2.75) is 11.9 Å². The smallest absolute Gasteiger partial charge is 0.163 e. The minimum Gasteiger partial charge on any atom is -0.383 e. The molecule has 3 aromatic rings. The van der Waals surface area contributed by atoms with Crippen molar-refractivity contribution in [1.82, 2.24) is 19.9 Å². The summed E-state index contributed by atoms with van der Waals surface area (Å²) in [6, 6.07) is 10.2. The first-order valence-electron chi connectivity index (χ1n) is 9.60. The van der Waals surface area contributed by atoms with Gasteiger partial charge in [-0.2, -0.15) is 0 Å². The standard InChI is InChI=1S/C21H25FN8S/c1-13(23)18-19(24)27-20(28-21(18)26-10-11-30(2)3)14-7-8-16(15(22)12-14)29-31-17-6-4-5-9-25-17/h4-9,12,23,29H,10-11H2,1-3H3,(H3,24,26,27,28). The van der Waals surface area contributed by atoms with E-state index in [2.05, 4.69) is 25.0 Å². The van der Waals surface area contributed by atoms with Crippen LogP contribution in [0.1, 0.15) is 12.5 Å². The zero-order chi connectivity index (χ0) is 22.4. The number of anilines is 3. The molecule has 0 aliphatic heterocycles. The van der Waals surface area contributed by atoms with Crippen LogP contribution < -0.4 is 15.8 Å². The third-order valence-electron chi connectivity index (χ3n) is 4.29. The van der Waals surface area contributed by atoms with Crippen LogP contribution in [-0.4, -0.2) is 52.7 Å². The first-order valence-corrected chi connectivity index (χ1v) is 10.4. The van der Waals surface area contributed by atoms with E-state index in [0.717, 1.165) is 11.6 Å². The van der Waals surface area contributed by atoms with Crippen LogP contribution >= 0.6 is 11.9 Å². The number of nitrogens with zero attached hydrogens (tertiary/aromatic N) is 4. The second kappa shape index (κ2) is 10.2. The van der Waals surface area contributed by atoms with Crippen LogP contribution in [-0.2, 0) is 0 Å². The summed E-state index contributed by atoms with van der Waals surface area (Å²) in [7, 11) is 3.93. The van der Waals surface area contributed by atoms with E-state index in [1.165, 1.54) is 18.0 Å². The molecule has 0 saturated carbocycles. The molecule has 0 saturated heterocycles. The van der Waals surface area contributed by atoms with Gasteiger partial charge in [0.1, 0.15) is 22.5 Å². The molecule has 10 heteroatoms. The van der Waals surface area contributed by atoms with Gasteiger partial charge in [0.15, 0.2) is 5.82 Å². The van der Waals surface area contributed by atoms with Gasteiger partial charge in [-0.15, -0.1) is 0 Å². The minimum absolute atomic E-state index is 0.179. The van der Waals surface area contributed by atoms with E-state index in [9.17, 15) is 4.39 Å². The SMILES string of the molecule is CC(=N)c1c(N)nc(-c2ccc(NSc3ccccn3)c(F)c2)nc1NCCN(C)C. The van der Waals surface area contributed by atoms with Crippen molar-refractivity contribution in [3.8, 4) is 11.4 Å². The van der Waals surface area contributed by atoms with E-state index >= 15 is 0 Å². The lowest BCUT2D eigenvalue weighted by atomic mass is 10.1. The van der Waals surface area contributed by atoms with Gasteiger partial charge in [0, 0.05) is 42.5 Å². The van der Waals surface area contributed by atoms with E-state index in [0.29, 0.717) is 29.2 Å². The Morgan fingerprint density at radius 2 is 2.03 bits per heavy atom. The third-order valence-corrected chi connectivity index (χ3v) is 5.07. The molecule has 5 N–H and O–H groups in total. The molecule has 2 aromatic heterocycles. The summed E-state index contributed by atoms with van der Waals surface area (Å²) in [5, 5.41) is 11.9. The molecule has 8 nitrogen and oxygen atoms in total. The fraction of sp³-hybridized carbons (Fsp3) is 0.238. The van der Waals surface area contributed by atoms with Crippen molar-refractivity contribution in [1.29, 1.82) is 5.41 Å². The Kier molecular flexibility index (Phi) is 7.37. The topological polar surface area (TPSA) is 116 Å². The highest BCUT2D eigenvalue weighted by Crippen LogP contribution is 2.28. The van der Waals surface area contributed by atoms with Crippen LogP contribution in [0.15, 0.2) is 47.6 Å². The molecule has 3 rings (SSSR count). The predicted octanol–water partition coefficient (Wildman–Crippen LogP) is 3.74. The van der Waals surface area contributed by atoms with Crippen LogP contribution in [0.4, 0.5) is 21.7 Å². The maximum Gasteiger partial charge on any atom is 0.163 e. The number of hydrogen-bond acceptors (Lipinski definition) is 9. The van der Waals surface area contributed by atoms with E-state index in [1.54, 1.807) is 25.3 Å². The van der Waals surface area contributed by atoms with Crippen molar-refractivity contribution >= 4 is 35.0 Å². The lowest BCUT2D eigenvalue weighted by Gasteiger charge is -2.16. The average Bonchev–Trinajstić information content (AvgIpc) is 2.72. The lowest BCUT2D eigenvalue weighted by Crippen LogP contribution is -2.22. The van der Waals surface area contributed by atoms with Crippen molar-refractivity contribution < 1.29 is 4.39 Å². The van der Waals surface area contributed by atoms with Gasteiger partial charge in [-0.1, -0.05) is 6.07 Å². The first kappa shape index (κ1) is 22.4. The minimum atomic E-state index is -0.447. The van der Waals surface area contributed by atoms with Crippen LogP contribution in [0.2, 0.25) is 0 Å². The molecular formula is C21H25FN8S. The summed E-state index contributed by atoms with van der Waals surface area (Å²) in [5.41, 5.74) is 7.63. The van der Waals surface area contributed by atoms with Gasteiger partial charge in [0.2, 0.25) is 0 Å². The van der Waals surface area contributed by atoms with E-state index < -0.39 is 5.82 Å². The monoisotopic (exact) mass is 440 g/mol. The van der Waals surface area contributed by atoms with E-state index in [-0.39, 0.29) is 17.4 Å². The van der Waals surface area contributed by atoms with E-state index in [1.807, 2.05) is 37.2 Å². The number of nitrogens with two attached hydrogens (primary N) is 1. The zero-order valence-electron chi connectivity index (χ0n) is 17.6. The molecule has 0 radical (unpaired) electrons. The fourth-order valence-corrected chi connectivity index (χ4v) is 3.39. The van der Waals surface area contributed by atoms with Crippen LogP contribution in [0.25, 0.3) is 11.4 Å². The van der Waals surface area contributed by atoms with Crippen LogP contribution in [0, 0.1) is 11.2 Å². The van der Waals surface area contributed by atoms with Gasteiger partial charge in [0.05, 0.1) is 11.3 Å². The van der Waals surface area contributed by atoms with Gasteiger partial charge in [-0.05, 0) is 51.4 Å². The molecule has 0 spiro atoms. The van der Waals surface area contributed by atoms with Crippen molar-refractivity contribution in [2.24, 2.45) is 0 Å². The van der Waals surface area contributed by atoms with Gasteiger partial charge in [-0.25, -0.2) is 19.3 Å². The molecule has 0 aliphatic carbocycles. The summed E-state index contributed by atoms with van der Waals surface area (Å²) in [5.74, 6) is 0.485. The zero-order valence-corrected chi connectivity index (χ0v) is 18.4. The van der Waals surface area contributed by atoms with Crippen molar-refractivity contribution in [2.75, 3.05) is 43.0 Å². The second-order valence-electron chi connectivity index (χ2n) is 7.08. The highest BCUT2D eigenvalue weighted by atomic mass is 32.2. The average molecular weight is 441 g/mol. The molecule has 1 aromatic carbocycles. The number of nitrogen functional groups attached to an aromatic ring is 1. The Morgan fingerprint density at radius 1 is 1.23 bits per heavy atom. The molecule has 31 heavy (non-hydrogen) atoms. The quantitative estimate of drug-likeness (QED) is 0.294. The number of benzene rings is 1. The number of halogens is 1. The number of rotatable bonds is 9. The Morgan fingerprint density at radius 3 is 2.68 bits per heavy atom. The summed E-state index contributed by atoms with van der Waals surface area (Å²) in [6.45, 7) is 3.02. The fourth-order valence-electron chi connectivity index (χ4n) is 2.75. The number of aromatic nitrogens is 3. The summed E-state index contributed by atoms with van der Waals surface area (Å²) >= 11 is 1.22. The highest BCUT2D eigenvalue weighted by molar-refractivity contribution is 8.00. The first-order chi connectivity index (χ1) is 14.8. The molecule has 162 valence electrons.